The molecule has 2 rings (SSSR count). The van der Waals surface area contributed by atoms with Gasteiger partial charge in [0.15, 0.2) is 11.5 Å². The Hall–Kier alpha value is -2.23. The SMILES string of the molecule is CCCOc1ccccc1Oc1cccc(NC)n1. The molecule has 19 heavy (non-hydrogen) atoms. The van der Waals surface area contributed by atoms with Crippen molar-refractivity contribution in [2.45, 2.75) is 13.3 Å². The molecule has 0 aliphatic heterocycles. The topological polar surface area (TPSA) is 43.4 Å². The highest BCUT2D eigenvalue weighted by Gasteiger charge is 2.06. The minimum Gasteiger partial charge on any atom is -0.490 e. The van der Waals surface area contributed by atoms with E-state index in [2.05, 4.69) is 17.2 Å². The summed E-state index contributed by atoms with van der Waals surface area (Å²) in [7, 11) is 1.82. The van der Waals surface area contributed by atoms with Crippen molar-refractivity contribution in [2.24, 2.45) is 0 Å². The lowest BCUT2D eigenvalue weighted by Gasteiger charge is -2.11. The zero-order valence-electron chi connectivity index (χ0n) is 11.2. The van der Waals surface area contributed by atoms with Crippen molar-refractivity contribution in [1.82, 2.24) is 4.98 Å². The Morgan fingerprint density at radius 3 is 2.58 bits per heavy atom. The molecule has 1 aromatic heterocycles. The zero-order chi connectivity index (χ0) is 13.5. The van der Waals surface area contributed by atoms with Gasteiger partial charge in [-0.2, -0.15) is 4.98 Å². The third kappa shape index (κ3) is 3.61. The van der Waals surface area contributed by atoms with E-state index in [1.54, 1.807) is 0 Å². The van der Waals surface area contributed by atoms with Gasteiger partial charge in [0, 0.05) is 13.1 Å². The summed E-state index contributed by atoms with van der Waals surface area (Å²) >= 11 is 0. The molecule has 0 atom stereocenters. The first-order valence-corrected chi connectivity index (χ1v) is 6.38. The average molecular weight is 258 g/mol. The van der Waals surface area contributed by atoms with Crippen molar-refractivity contribution in [3.63, 3.8) is 0 Å². The lowest BCUT2D eigenvalue weighted by Crippen LogP contribution is -1.98. The minimum absolute atomic E-state index is 0.541. The maximum atomic E-state index is 5.77. The van der Waals surface area contributed by atoms with E-state index < -0.39 is 0 Å². The van der Waals surface area contributed by atoms with Gasteiger partial charge in [-0.15, -0.1) is 0 Å². The average Bonchev–Trinajstić information content (AvgIpc) is 2.46. The number of nitrogens with zero attached hydrogens (tertiary/aromatic N) is 1. The van der Waals surface area contributed by atoms with Crippen LogP contribution in [0.2, 0.25) is 0 Å². The molecule has 0 saturated carbocycles. The van der Waals surface area contributed by atoms with E-state index in [-0.39, 0.29) is 0 Å². The molecule has 0 fully saturated rings. The number of rotatable bonds is 6. The maximum Gasteiger partial charge on any atom is 0.221 e. The summed E-state index contributed by atoms with van der Waals surface area (Å²) in [6.45, 7) is 2.74. The molecule has 0 spiro atoms. The van der Waals surface area contributed by atoms with Gasteiger partial charge >= 0.3 is 0 Å². The van der Waals surface area contributed by atoms with Crippen LogP contribution in [0.15, 0.2) is 42.5 Å². The highest BCUT2D eigenvalue weighted by atomic mass is 16.5. The number of benzene rings is 1. The Morgan fingerprint density at radius 1 is 1.05 bits per heavy atom. The molecule has 0 aliphatic rings. The third-order valence-electron chi connectivity index (χ3n) is 2.51. The fourth-order valence-electron chi connectivity index (χ4n) is 1.59. The summed E-state index contributed by atoms with van der Waals surface area (Å²) in [6.07, 6.45) is 0.960. The molecule has 4 heteroatoms. The van der Waals surface area contributed by atoms with Crippen LogP contribution in [0, 0.1) is 0 Å². The first-order valence-electron chi connectivity index (χ1n) is 6.38. The molecule has 4 nitrogen and oxygen atoms in total. The predicted octanol–water partition coefficient (Wildman–Crippen LogP) is 3.70. The third-order valence-corrected chi connectivity index (χ3v) is 2.51. The smallest absolute Gasteiger partial charge is 0.221 e. The molecule has 2 aromatic rings. The van der Waals surface area contributed by atoms with Crippen LogP contribution in [0.4, 0.5) is 5.82 Å². The Kier molecular flexibility index (Phi) is 4.61. The quantitative estimate of drug-likeness (QED) is 0.857. The summed E-state index contributed by atoms with van der Waals surface area (Å²) in [4.78, 5) is 4.32. The largest absolute Gasteiger partial charge is 0.490 e. The van der Waals surface area contributed by atoms with Gasteiger partial charge in [0.2, 0.25) is 5.88 Å². The van der Waals surface area contributed by atoms with Gasteiger partial charge in [0.25, 0.3) is 0 Å². The summed E-state index contributed by atoms with van der Waals surface area (Å²) in [5.41, 5.74) is 0. The number of para-hydroxylation sites is 2. The molecule has 0 amide bonds. The van der Waals surface area contributed by atoms with Crippen LogP contribution in [0.5, 0.6) is 17.4 Å². The molecule has 0 saturated heterocycles. The molecular weight excluding hydrogens is 240 g/mol. The van der Waals surface area contributed by atoms with Gasteiger partial charge < -0.3 is 14.8 Å². The van der Waals surface area contributed by atoms with Crippen LogP contribution >= 0.6 is 0 Å². The van der Waals surface area contributed by atoms with Crippen LogP contribution in [0.3, 0.4) is 0 Å². The van der Waals surface area contributed by atoms with Crippen molar-refractivity contribution in [3.8, 4) is 17.4 Å². The Morgan fingerprint density at radius 2 is 1.84 bits per heavy atom. The summed E-state index contributed by atoms with van der Waals surface area (Å²) in [5.74, 6) is 2.72. The molecule has 100 valence electrons. The van der Waals surface area contributed by atoms with Gasteiger partial charge in [-0.1, -0.05) is 25.1 Å². The van der Waals surface area contributed by atoms with Crippen molar-refractivity contribution >= 4 is 5.82 Å². The Balaban J connectivity index is 2.17. The van der Waals surface area contributed by atoms with Gasteiger partial charge in [-0.05, 0) is 24.6 Å². The molecular formula is C15H18N2O2. The number of hydrogen-bond acceptors (Lipinski definition) is 4. The number of ether oxygens (including phenoxy) is 2. The molecule has 0 radical (unpaired) electrons. The Labute approximate surface area is 113 Å². The second kappa shape index (κ2) is 6.64. The van der Waals surface area contributed by atoms with Crippen molar-refractivity contribution in [1.29, 1.82) is 0 Å². The summed E-state index contributed by atoms with van der Waals surface area (Å²) < 4.78 is 11.4. The second-order valence-electron chi connectivity index (χ2n) is 4.01. The van der Waals surface area contributed by atoms with Crippen LogP contribution in [0.1, 0.15) is 13.3 Å². The molecule has 1 N–H and O–H groups in total. The summed E-state index contributed by atoms with van der Waals surface area (Å²) in [5, 5.41) is 2.98. The second-order valence-corrected chi connectivity index (χ2v) is 4.01. The molecule has 0 unspecified atom stereocenters. The highest BCUT2D eigenvalue weighted by Crippen LogP contribution is 2.30. The van der Waals surface area contributed by atoms with Crippen LogP contribution in [-0.4, -0.2) is 18.6 Å². The molecule has 1 heterocycles. The summed E-state index contributed by atoms with van der Waals surface area (Å²) in [6, 6.07) is 13.2. The van der Waals surface area contributed by atoms with E-state index in [0.29, 0.717) is 18.2 Å². The van der Waals surface area contributed by atoms with E-state index in [0.717, 1.165) is 18.0 Å². The minimum atomic E-state index is 0.541. The fourth-order valence-corrected chi connectivity index (χ4v) is 1.59. The molecule has 0 aliphatic carbocycles. The van der Waals surface area contributed by atoms with Crippen molar-refractivity contribution in [2.75, 3.05) is 19.0 Å². The monoisotopic (exact) mass is 258 g/mol. The van der Waals surface area contributed by atoms with Gasteiger partial charge in [0.05, 0.1) is 6.61 Å². The van der Waals surface area contributed by atoms with Crippen molar-refractivity contribution in [3.05, 3.63) is 42.5 Å². The number of anilines is 1. The van der Waals surface area contributed by atoms with E-state index in [1.165, 1.54) is 0 Å². The van der Waals surface area contributed by atoms with E-state index in [4.69, 9.17) is 9.47 Å². The maximum absolute atomic E-state index is 5.77. The standard InChI is InChI=1S/C15H18N2O2/c1-3-11-18-12-7-4-5-8-13(12)19-15-10-6-9-14(16-2)17-15/h4-10H,3,11H2,1-2H3,(H,16,17). The first kappa shape index (κ1) is 13.2. The van der Waals surface area contributed by atoms with Crippen molar-refractivity contribution < 1.29 is 9.47 Å². The van der Waals surface area contributed by atoms with Gasteiger partial charge in [-0.3, -0.25) is 0 Å². The van der Waals surface area contributed by atoms with Crippen LogP contribution in [-0.2, 0) is 0 Å². The van der Waals surface area contributed by atoms with Crippen LogP contribution in [0.25, 0.3) is 0 Å². The molecule has 0 bridgehead atoms. The number of nitrogens with one attached hydrogen (secondary N) is 1. The van der Waals surface area contributed by atoms with E-state index in [9.17, 15) is 0 Å². The zero-order valence-corrected chi connectivity index (χ0v) is 11.2. The van der Waals surface area contributed by atoms with E-state index in [1.807, 2.05) is 49.5 Å². The van der Waals surface area contributed by atoms with Crippen LogP contribution < -0.4 is 14.8 Å². The Bertz CT molecular complexity index is 529. The van der Waals surface area contributed by atoms with Gasteiger partial charge in [-0.25, -0.2) is 0 Å². The lowest BCUT2D eigenvalue weighted by atomic mass is 10.3. The van der Waals surface area contributed by atoms with Gasteiger partial charge in [0.1, 0.15) is 5.82 Å². The highest BCUT2D eigenvalue weighted by molar-refractivity contribution is 5.43. The number of pyridine rings is 1. The predicted molar refractivity (Wildman–Crippen MR) is 76.1 cm³/mol. The lowest BCUT2D eigenvalue weighted by molar-refractivity contribution is 0.301. The van der Waals surface area contributed by atoms with E-state index >= 15 is 0 Å². The first-order chi connectivity index (χ1) is 9.33. The molecule has 1 aromatic carbocycles. The fraction of sp³-hybridized carbons (Fsp3) is 0.267. The number of aromatic nitrogens is 1. The normalized spacial score (nSPS) is 10.0. The number of hydrogen-bond donors (Lipinski definition) is 1.